The number of rotatable bonds is 7. The Kier molecular flexibility index (Phi) is 5.44. The maximum absolute atomic E-state index is 13.8. The SMILES string of the molecule is CCCCCc1cc(O)c2c3c(C(N)=O)cccc3n(Cc3cccc(F)c3)c2c1. The van der Waals surface area contributed by atoms with E-state index in [0.29, 0.717) is 22.9 Å². The number of amides is 1. The van der Waals surface area contributed by atoms with Gasteiger partial charge in [-0.3, -0.25) is 4.79 Å². The van der Waals surface area contributed by atoms with Gasteiger partial charge in [0.25, 0.3) is 0 Å². The van der Waals surface area contributed by atoms with Gasteiger partial charge >= 0.3 is 0 Å². The standard InChI is InChI=1S/C25H25FN2O2/c1-2-3-4-7-16-13-21-24(22(29)14-16)23-19(25(27)30)10-6-11-20(23)28(21)15-17-8-5-9-18(26)12-17/h5-6,8-14,29H,2-4,7,15H2,1H3,(H2,27,30). The summed E-state index contributed by atoms with van der Waals surface area (Å²) in [5.74, 6) is -0.707. The molecule has 0 fully saturated rings. The van der Waals surface area contributed by atoms with Gasteiger partial charge in [0, 0.05) is 17.5 Å². The Labute approximate surface area is 174 Å². The molecule has 1 heterocycles. The average molecular weight is 404 g/mol. The minimum Gasteiger partial charge on any atom is -0.507 e. The van der Waals surface area contributed by atoms with Crippen molar-refractivity contribution in [2.45, 2.75) is 39.2 Å². The molecule has 3 aromatic carbocycles. The predicted molar refractivity (Wildman–Crippen MR) is 118 cm³/mol. The van der Waals surface area contributed by atoms with Crippen LogP contribution in [0, 0.1) is 5.82 Å². The van der Waals surface area contributed by atoms with Crippen LogP contribution in [0.2, 0.25) is 0 Å². The molecule has 0 saturated carbocycles. The van der Waals surface area contributed by atoms with Crippen molar-refractivity contribution in [3.63, 3.8) is 0 Å². The number of hydrogen-bond acceptors (Lipinski definition) is 2. The molecule has 4 aromatic rings. The van der Waals surface area contributed by atoms with Crippen LogP contribution in [0.25, 0.3) is 21.8 Å². The number of benzene rings is 3. The van der Waals surface area contributed by atoms with Crippen molar-refractivity contribution >= 4 is 27.7 Å². The van der Waals surface area contributed by atoms with Gasteiger partial charge in [0.05, 0.1) is 16.4 Å². The van der Waals surface area contributed by atoms with Crippen molar-refractivity contribution in [1.29, 1.82) is 0 Å². The van der Waals surface area contributed by atoms with Gasteiger partial charge in [-0.1, -0.05) is 38.0 Å². The molecule has 1 amide bonds. The maximum Gasteiger partial charge on any atom is 0.249 e. The summed E-state index contributed by atoms with van der Waals surface area (Å²) in [4.78, 5) is 12.1. The van der Waals surface area contributed by atoms with E-state index in [1.54, 1.807) is 24.3 Å². The molecule has 1 aromatic heterocycles. The number of hydrogen-bond donors (Lipinski definition) is 2. The Bertz CT molecular complexity index is 1240. The highest BCUT2D eigenvalue weighted by Gasteiger charge is 2.20. The highest BCUT2D eigenvalue weighted by Crippen LogP contribution is 2.38. The predicted octanol–water partition coefficient (Wildman–Crippen LogP) is 5.52. The second-order valence-electron chi connectivity index (χ2n) is 7.75. The molecule has 4 nitrogen and oxygen atoms in total. The zero-order chi connectivity index (χ0) is 21.3. The van der Waals surface area contributed by atoms with Crippen LogP contribution in [0.3, 0.4) is 0 Å². The van der Waals surface area contributed by atoms with E-state index >= 15 is 0 Å². The smallest absolute Gasteiger partial charge is 0.249 e. The van der Waals surface area contributed by atoms with Crippen LogP contribution in [0.15, 0.2) is 54.6 Å². The number of aromatic hydroxyl groups is 1. The monoisotopic (exact) mass is 404 g/mol. The van der Waals surface area contributed by atoms with Gasteiger partial charge in [0.15, 0.2) is 0 Å². The van der Waals surface area contributed by atoms with Gasteiger partial charge < -0.3 is 15.4 Å². The zero-order valence-corrected chi connectivity index (χ0v) is 17.0. The average Bonchev–Trinajstić information content (AvgIpc) is 3.02. The molecule has 30 heavy (non-hydrogen) atoms. The van der Waals surface area contributed by atoms with E-state index in [0.717, 1.165) is 47.8 Å². The molecule has 0 unspecified atom stereocenters. The quantitative estimate of drug-likeness (QED) is 0.398. The topological polar surface area (TPSA) is 68.2 Å². The number of unbranched alkanes of at least 4 members (excludes halogenated alkanes) is 2. The number of halogens is 1. The van der Waals surface area contributed by atoms with Crippen LogP contribution in [0.4, 0.5) is 4.39 Å². The molecule has 0 saturated heterocycles. The number of nitrogens with zero attached hydrogens (tertiary/aromatic N) is 1. The van der Waals surface area contributed by atoms with Crippen molar-refractivity contribution in [3.05, 3.63) is 77.1 Å². The molecule has 0 spiro atoms. The van der Waals surface area contributed by atoms with Crippen LogP contribution in [-0.4, -0.2) is 15.6 Å². The van der Waals surface area contributed by atoms with Gasteiger partial charge in [0.2, 0.25) is 5.91 Å². The number of carbonyl (C=O) groups is 1. The van der Waals surface area contributed by atoms with Gasteiger partial charge in [-0.05, 0) is 60.4 Å². The molecule has 154 valence electrons. The van der Waals surface area contributed by atoms with Crippen molar-refractivity contribution in [2.24, 2.45) is 5.73 Å². The van der Waals surface area contributed by atoms with Crippen LogP contribution < -0.4 is 5.73 Å². The van der Waals surface area contributed by atoms with E-state index in [-0.39, 0.29) is 11.6 Å². The number of phenolic OH excluding ortho intramolecular Hbond substituents is 1. The van der Waals surface area contributed by atoms with Crippen molar-refractivity contribution in [3.8, 4) is 5.75 Å². The van der Waals surface area contributed by atoms with Gasteiger partial charge in [-0.2, -0.15) is 0 Å². The molecule has 3 N–H and O–H groups in total. The summed E-state index contributed by atoms with van der Waals surface area (Å²) in [5, 5.41) is 12.2. The molecule has 4 rings (SSSR count). The van der Waals surface area contributed by atoms with Gasteiger partial charge in [0.1, 0.15) is 11.6 Å². The third kappa shape index (κ3) is 3.63. The fourth-order valence-electron chi connectivity index (χ4n) is 4.21. The summed E-state index contributed by atoms with van der Waals surface area (Å²) < 4.78 is 15.8. The van der Waals surface area contributed by atoms with Crippen LogP contribution in [0.1, 0.15) is 47.7 Å². The zero-order valence-electron chi connectivity index (χ0n) is 17.0. The molecular formula is C25H25FN2O2. The van der Waals surface area contributed by atoms with E-state index in [4.69, 9.17) is 5.73 Å². The molecule has 0 aliphatic rings. The lowest BCUT2D eigenvalue weighted by Gasteiger charge is -2.10. The number of phenols is 1. The van der Waals surface area contributed by atoms with Gasteiger partial charge in [-0.25, -0.2) is 4.39 Å². The number of aryl methyl sites for hydroxylation is 1. The van der Waals surface area contributed by atoms with E-state index in [9.17, 15) is 14.3 Å². The third-order valence-electron chi connectivity index (χ3n) is 5.59. The summed E-state index contributed by atoms with van der Waals surface area (Å²) in [6, 6.07) is 15.7. The van der Waals surface area contributed by atoms with E-state index < -0.39 is 5.91 Å². The first-order valence-electron chi connectivity index (χ1n) is 10.3. The molecule has 0 bridgehead atoms. The van der Waals surface area contributed by atoms with Crippen LogP contribution in [0.5, 0.6) is 5.75 Å². The first-order valence-corrected chi connectivity index (χ1v) is 10.3. The Hall–Kier alpha value is -3.34. The summed E-state index contributed by atoms with van der Waals surface area (Å²) in [6.45, 7) is 2.57. The first-order chi connectivity index (χ1) is 14.5. The van der Waals surface area contributed by atoms with E-state index in [2.05, 4.69) is 13.0 Å². The van der Waals surface area contributed by atoms with Crippen molar-refractivity contribution in [1.82, 2.24) is 4.57 Å². The molecule has 0 atom stereocenters. The Morgan fingerprint density at radius 2 is 1.80 bits per heavy atom. The normalized spacial score (nSPS) is 11.4. The Morgan fingerprint density at radius 3 is 2.53 bits per heavy atom. The minimum atomic E-state index is -0.545. The molecule has 0 aliphatic heterocycles. The minimum absolute atomic E-state index is 0.135. The number of carbonyl (C=O) groups excluding carboxylic acids is 1. The molecule has 0 radical (unpaired) electrons. The summed E-state index contributed by atoms with van der Waals surface area (Å²) in [6.07, 6.45) is 4.15. The highest BCUT2D eigenvalue weighted by atomic mass is 19.1. The number of nitrogens with two attached hydrogens (primary N) is 1. The Balaban J connectivity index is 1.98. The van der Waals surface area contributed by atoms with Crippen molar-refractivity contribution < 1.29 is 14.3 Å². The third-order valence-corrected chi connectivity index (χ3v) is 5.59. The fraction of sp³-hybridized carbons (Fsp3) is 0.240. The van der Waals surface area contributed by atoms with E-state index in [1.165, 1.54) is 12.1 Å². The van der Waals surface area contributed by atoms with Crippen LogP contribution in [-0.2, 0) is 13.0 Å². The highest BCUT2D eigenvalue weighted by molar-refractivity contribution is 6.19. The van der Waals surface area contributed by atoms with Crippen LogP contribution >= 0.6 is 0 Å². The molecule has 0 aliphatic carbocycles. The number of fused-ring (bicyclic) bond motifs is 3. The van der Waals surface area contributed by atoms with Crippen molar-refractivity contribution in [2.75, 3.05) is 0 Å². The molecular weight excluding hydrogens is 379 g/mol. The largest absolute Gasteiger partial charge is 0.507 e. The number of aromatic nitrogens is 1. The second-order valence-corrected chi connectivity index (χ2v) is 7.75. The fourth-order valence-corrected chi connectivity index (χ4v) is 4.21. The summed E-state index contributed by atoms with van der Waals surface area (Å²) in [5.41, 5.74) is 9.44. The first kappa shape index (κ1) is 20.0. The summed E-state index contributed by atoms with van der Waals surface area (Å²) in [7, 11) is 0. The lowest BCUT2D eigenvalue weighted by Crippen LogP contribution is -2.11. The molecule has 5 heteroatoms. The Morgan fingerprint density at radius 1 is 1.00 bits per heavy atom. The van der Waals surface area contributed by atoms with Gasteiger partial charge in [-0.15, -0.1) is 0 Å². The van der Waals surface area contributed by atoms with E-state index in [1.807, 2.05) is 16.7 Å². The lowest BCUT2D eigenvalue weighted by molar-refractivity contribution is 0.100. The maximum atomic E-state index is 13.8. The lowest BCUT2D eigenvalue weighted by atomic mass is 10.0. The second kappa shape index (κ2) is 8.19. The summed E-state index contributed by atoms with van der Waals surface area (Å²) >= 11 is 0. The number of primary amides is 1.